The maximum atomic E-state index is 15.0. The third-order valence-electron chi connectivity index (χ3n) is 9.34. The van der Waals surface area contributed by atoms with E-state index in [4.69, 9.17) is 4.74 Å². The molecule has 0 saturated carbocycles. The van der Waals surface area contributed by atoms with Gasteiger partial charge in [-0.25, -0.2) is 0 Å². The lowest BCUT2D eigenvalue weighted by molar-refractivity contribution is -0.174. The SMILES string of the molecule is O=C([C@H]1C(=O)N(C(c2ccccc2)(c2ccccc2)c2ccccc2)[C@H]1COCc1ccccc1)N(Cc1ccccc1)c1ccccc1. The zero-order valence-electron chi connectivity index (χ0n) is 27.2. The van der Waals surface area contributed by atoms with E-state index < -0.39 is 17.5 Å². The molecule has 1 saturated heterocycles. The minimum Gasteiger partial charge on any atom is -0.375 e. The number of nitrogens with zero attached hydrogens (tertiary/aromatic N) is 2. The Hall–Kier alpha value is -5.78. The molecule has 1 heterocycles. The van der Waals surface area contributed by atoms with Crippen LogP contribution in [0, 0.1) is 5.92 Å². The second kappa shape index (κ2) is 14.5. The molecular formula is C44H38N2O3. The van der Waals surface area contributed by atoms with E-state index in [1.165, 1.54) is 0 Å². The fourth-order valence-corrected chi connectivity index (χ4v) is 7.07. The van der Waals surface area contributed by atoms with Crippen LogP contribution in [0.1, 0.15) is 27.8 Å². The summed E-state index contributed by atoms with van der Waals surface area (Å²) in [4.78, 5) is 33.6. The first-order valence-corrected chi connectivity index (χ1v) is 16.7. The summed E-state index contributed by atoms with van der Waals surface area (Å²) in [6.45, 7) is 0.882. The number of benzene rings is 6. The Morgan fingerprint density at radius 1 is 0.571 bits per heavy atom. The van der Waals surface area contributed by atoms with Crippen LogP contribution in [-0.4, -0.2) is 29.4 Å². The summed E-state index contributed by atoms with van der Waals surface area (Å²) in [5, 5.41) is 0. The summed E-state index contributed by atoms with van der Waals surface area (Å²) >= 11 is 0. The number of carbonyl (C=O) groups excluding carboxylic acids is 2. The number of para-hydroxylation sites is 1. The number of ether oxygens (including phenoxy) is 1. The number of likely N-dealkylation sites (tertiary alicyclic amines) is 1. The lowest BCUT2D eigenvalue weighted by atomic mass is 9.70. The van der Waals surface area contributed by atoms with E-state index in [0.717, 1.165) is 33.5 Å². The minimum absolute atomic E-state index is 0.180. The van der Waals surface area contributed by atoms with Gasteiger partial charge in [0.15, 0.2) is 0 Å². The lowest BCUT2D eigenvalue weighted by Gasteiger charge is -2.57. The molecule has 0 radical (unpaired) electrons. The highest BCUT2D eigenvalue weighted by Crippen LogP contribution is 2.49. The molecule has 0 aromatic heterocycles. The van der Waals surface area contributed by atoms with E-state index >= 15 is 4.79 Å². The first-order valence-electron chi connectivity index (χ1n) is 16.7. The molecule has 0 aliphatic carbocycles. The van der Waals surface area contributed by atoms with Crippen molar-refractivity contribution in [3.63, 3.8) is 0 Å². The predicted molar refractivity (Wildman–Crippen MR) is 194 cm³/mol. The van der Waals surface area contributed by atoms with E-state index in [9.17, 15) is 4.79 Å². The van der Waals surface area contributed by atoms with Gasteiger partial charge < -0.3 is 14.5 Å². The second-order valence-corrected chi connectivity index (χ2v) is 12.3. The van der Waals surface area contributed by atoms with Gasteiger partial charge >= 0.3 is 0 Å². The fraction of sp³-hybridized carbons (Fsp3) is 0.136. The van der Waals surface area contributed by atoms with Crippen LogP contribution in [0.4, 0.5) is 5.69 Å². The zero-order valence-corrected chi connectivity index (χ0v) is 27.2. The van der Waals surface area contributed by atoms with Crippen molar-refractivity contribution in [2.24, 2.45) is 5.92 Å². The van der Waals surface area contributed by atoms with E-state index in [2.05, 4.69) is 36.4 Å². The van der Waals surface area contributed by atoms with Crippen molar-refractivity contribution in [1.29, 1.82) is 0 Å². The molecule has 6 aromatic carbocycles. The van der Waals surface area contributed by atoms with Crippen molar-refractivity contribution in [3.8, 4) is 0 Å². The normalized spacial score (nSPS) is 15.8. The summed E-state index contributed by atoms with van der Waals surface area (Å²) in [5.74, 6) is -1.42. The van der Waals surface area contributed by atoms with Crippen molar-refractivity contribution in [2.45, 2.75) is 24.7 Å². The van der Waals surface area contributed by atoms with Crippen LogP contribution >= 0.6 is 0 Å². The van der Waals surface area contributed by atoms with Gasteiger partial charge in [0.05, 0.1) is 25.8 Å². The molecular weight excluding hydrogens is 604 g/mol. The Morgan fingerprint density at radius 2 is 0.980 bits per heavy atom. The average Bonchev–Trinajstić information content (AvgIpc) is 3.17. The Balaban J connectivity index is 1.35. The topological polar surface area (TPSA) is 49.9 Å². The first kappa shape index (κ1) is 31.8. The van der Waals surface area contributed by atoms with Crippen molar-refractivity contribution in [1.82, 2.24) is 4.90 Å². The highest BCUT2D eigenvalue weighted by Gasteiger charge is 2.61. The fourth-order valence-electron chi connectivity index (χ4n) is 7.07. The lowest BCUT2D eigenvalue weighted by Crippen LogP contribution is -2.73. The summed E-state index contributed by atoms with van der Waals surface area (Å²) in [6.07, 6.45) is 0. The predicted octanol–water partition coefficient (Wildman–Crippen LogP) is 8.26. The minimum atomic E-state index is -1.02. The van der Waals surface area contributed by atoms with E-state index in [-0.39, 0.29) is 18.4 Å². The molecule has 0 spiro atoms. The molecule has 2 atom stereocenters. The third kappa shape index (κ3) is 6.29. The number of carbonyl (C=O) groups is 2. The summed E-state index contributed by atoms with van der Waals surface area (Å²) < 4.78 is 6.42. The molecule has 5 heteroatoms. The van der Waals surface area contributed by atoms with Crippen LogP contribution in [0.25, 0.3) is 0 Å². The van der Waals surface area contributed by atoms with Gasteiger partial charge in [-0.1, -0.05) is 170 Å². The number of β-lactam (4-membered cyclic amide) rings is 1. The maximum Gasteiger partial charge on any atom is 0.242 e. The maximum absolute atomic E-state index is 15.0. The van der Waals surface area contributed by atoms with Crippen LogP contribution < -0.4 is 4.90 Å². The molecule has 242 valence electrons. The van der Waals surface area contributed by atoms with Crippen LogP contribution in [0.15, 0.2) is 182 Å². The summed E-state index contributed by atoms with van der Waals surface area (Å²) in [5.41, 5.74) is 4.53. The third-order valence-corrected chi connectivity index (χ3v) is 9.34. The Labute approximate surface area is 288 Å². The van der Waals surface area contributed by atoms with Crippen LogP contribution in [-0.2, 0) is 33.0 Å². The van der Waals surface area contributed by atoms with Crippen molar-refractivity contribution in [2.75, 3.05) is 11.5 Å². The van der Waals surface area contributed by atoms with Gasteiger partial charge in [0.25, 0.3) is 0 Å². The molecule has 1 aliphatic rings. The second-order valence-electron chi connectivity index (χ2n) is 12.3. The van der Waals surface area contributed by atoms with Gasteiger partial charge in [0.2, 0.25) is 11.8 Å². The van der Waals surface area contributed by atoms with Crippen LogP contribution in [0.5, 0.6) is 0 Å². The van der Waals surface area contributed by atoms with E-state index in [0.29, 0.717) is 13.2 Å². The molecule has 1 fully saturated rings. The van der Waals surface area contributed by atoms with Crippen molar-refractivity contribution < 1.29 is 14.3 Å². The number of anilines is 1. The molecule has 5 nitrogen and oxygen atoms in total. The van der Waals surface area contributed by atoms with Gasteiger partial charge in [0, 0.05) is 5.69 Å². The van der Waals surface area contributed by atoms with Gasteiger partial charge in [-0.15, -0.1) is 0 Å². The molecule has 0 N–H and O–H groups in total. The van der Waals surface area contributed by atoms with Crippen molar-refractivity contribution >= 4 is 17.5 Å². The number of hydrogen-bond donors (Lipinski definition) is 0. The van der Waals surface area contributed by atoms with Crippen LogP contribution in [0.2, 0.25) is 0 Å². The highest BCUT2D eigenvalue weighted by molar-refractivity contribution is 6.12. The number of hydrogen-bond acceptors (Lipinski definition) is 3. The van der Waals surface area contributed by atoms with E-state index in [1.807, 2.05) is 150 Å². The first-order chi connectivity index (χ1) is 24.2. The summed E-state index contributed by atoms with van der Waals surface area (Å²) in [7, 11) is 0. The van der Waals surface area contributed by atoms with Gasteiger partial charge in [-0.05, 0) is 39.9 Å². The van der Waals surface area contributed by atoms with Crippen molar-refractivity contribution in [3.05, 3.63) is 210 Å². The van der Waals surface area contributed by atoms with Gasteiger partial charge in [-0.3, -0.25) is 9.59 Å². The molecule has 7 rings (SSSR count). The molecule has 6 aromatic rings. The quantitative estimate of drug-likeness (QED) is 0.0768. The smallest absolute Gasteiger partial charge is 0.242 e. The molecule has 49 heavy (non-hydrogen) atoms. The zero-order chi connectivity index (χ0) is 33.5. The van der Waals surface area contributed by atoms with Gasteiger partial charge in [-0.2, -0.15) is 0 Å². The Bertz CT molecular complexity index is 1860. The van der Waals surface area contributed by atoms with Gasteiger partial charge in [0.1, 0.15) is 11.5 Å². The Kier molecular flexibility index (Phi) is 9.44. The number of rotatable bonds is 12. The largest absolute Gasteiger partial charge is 0.375 e. The molecule has 1 aliphatic heterocycles. The molecule has 2 amide bonds. The highest BCUT2D eigenvalue weighted by atomic mass is 16.5. The molecule has 0 unspecified atom stereocenters. The monoisotopic (exact) mass is 642 g/mol. The summed E-state index contributed by atoms with van der Waals surface area (Å²) in [6, 6.07) is 59.3. The number of amides is 2. The molecule has 0 bridgehead atoms. The Morgan fingerprint density at radius 3 is 1.45 bits per heavy atom. The average molecular weight is 643 g/mol. The van der Waals surface area contributed by atoms with E-state index in [1.54, 1.807) is 4.90 Å². The van der Waals surface area contributed by atoms with Crippen LogP contribution in [0.3, 0.4) is 0 Å². The standard InChI is InChI=1S/C44H38N2O3/c47-42(45(39-29-17-6-18-30-39)31-34-19-7-1-8-20-34)41-40(33-49-32-35-21-9-2-10-22-35)46(43(41)48)44(36-23-11-3-12-24-36,37-25-13-4-14-26-37)38-27-15-5-16-28-38/h1-30,40-41H,31-33H2/t40-,41-/m0/s1.